The number of hydrogen-bond acceptors (Lipinski definition) is 0. The SMILES string of the molecule is P1C23P[PH]12P3. The monoisotopic (exact) mass is 140 g/mol. The summed E-state index contributed by atoms with van der Waals surface area (Å²) in [6.45, 7) is 0. The average molecular weight is 140 g/mol. The van der Waals surface area contributed by atoms with Gasteiger partial charge in [0.1, 0.15) is 0 Å². The van der Waals surface area contributed by atoms with Crippen LogP contribution in [-0.2, 0) is 0 Å². The van der Waals surface area contributed by atoms with Crippen molar-refractivity contribution in [3.8, 4) is 0 Å². The van der Waals surface area contributed by atoms with Gasteiger partial charge in [-0.05, 0) is 0 Å². The molecule has 3 saturated heterocycles. The Morgan fingerprint density at radius 2 is 1.40 bits per heavy atom. The van der Waals surface area contributed by atoms with E-state index in [9.17, 15) is 0 Å². The number of hydrogen-bond donors (Lipinski definition) is 0. The summed E-state index contributed by atoms with van der Waals surface area (Å²) in [6.07, 6.45) is 0.0347. The summed E-state index contributed by atoms with van der Waals surface area (Å²) in [7, 11) is 4.79. The molecule has 3 fully saturated rings. The van der Waals surface area contributed by atoms with Crippen molar-refractivity contribution in [1.29, 1.82) is 0 Å². The van der Waals surface area contributed by atoms with E-state index in [0.717, 1.165) is 0 Å². The van der Waals surface area contributed by atoms with Gasteiger partial charge in [-0.15, -0.1) is 0 Å². The molecule has 0 nitrogen and oxygen atoms in total. The molecule has 3 aliphatic rings. The van der Waals surface area contributed by atoms with Crippen molar-refractivity contribution in [3.63, 3.8) is 0 Å². The standard InChI is InChI=1S/CH4P4/c2-1-3-5(1,2)4-1/h2-5H. The summed E-state index contributed by atoms with van der Waals surface area (Å²) in [5.74, 6) is 0. The summed E-state index contributed by atoms with van der Waals surface area (Å²) < 4.78 is 1.28. The molecule has 0 N–H and O–H groups in total. The van der Waals surface area contributed by atoms with Crippen LogP contribution in [-0.4, -0.2) is 4.38 Å². The second kappa shape index (κ2) is 0.456. The van der Waals surface area contributed by atoms with Crippen LogP contribution in [0.4, 0.5) is 0 Å². The normalized spacial score (nSPS) is 92.8. The Kier molecular flexibility index (Phi) is 0.264. The van der Waals surface area contributed by atoms with Crippen LogP contribution in [0.1, 0.15) is 0 Å². The Morgan fingerprint density at radius 3 is 1.40 bits per heavy atom. The summed E-state index contributed by atoms with van der Waals surface area (Å²) in [4.78, 5) is 0. The van der Waals surface area contributed by atoms with Gasteiger partial charge >= 0.3 is 35.5 Å². The fourth-order valence-electron chi connectivity index (χ4n) is 0.750. The number of rotatable bonds is 0. The van der Waals surface area contributed by atoms with Crippen molar-refractivity contribution in [3.05, 3.63) is 0 Å². The fraction of sp³-hybridized carbons (Fsp3) is 1.00. The zero-order valence-electron chi connectivity index (χ0n) is 2.50. The van der Waals surface area contributed by atoms with E-state index in [1.807, 2.05) is 0 Å². The Labute approximate surface area is 36.2 Å². The summed E-state index contributed by atoms with van der Waals surface area (Å²) in [5, 5.41) is 0. The van der Waals surface area contributed by atoms with Gasteiger partial charge in [0.15, 0.2) is 0 Å². The van der Waals surface area contributed by atoms with E-state index in [0.29, 0.717) is 0 Å². The molecule has 0 aromatic rings. The first-order chi connectivity index (χ1) is 2.37. The zero-order valence-corrected chi connectivity index (χ0v) is 6.50. The molecule has 0 aromatic carbocycles. The third-order valence-corrected chi connectivity index (χ3v) is 33.8. The van der Waals surface area contributed by atoms with Crippen LogP contribution in [0.25, 0.3) is 0 Å². The van der Waals surface area contributed by atoms with Crippen molar-refractivity contribution >= 4 is 31.1 Å². The van der Waals surface area contributed by atoms with Crippen molar-refractivity contribution in [2.45, 2.75) is 4.38 Å². The molecule has 0 radical (unpaired) electrons. The molecule has 3 heterocycles. The third kappa shape index (κ3) is 0.153. The average Bonchev–Trinajstić information content (AvgIpc) is 1.30. The minimum absolute atomic E-state index is 0.0347. The van der Waals surface area contributed by atoms with E-state index in [-0.39, 0.29) is 6.33 Å². The molecule has 0 aliphatic carbocycles. The minimum atomic E-state index is 0.0347. The van der Waals surface area contributed by atoms with Gasteiger partial charge in [-0.25, -0.2) is 0 Å². The molecule has 3 unspecified atom stereocenters. The topological polar surface area (TPSA) is 0 Å². The molecule has 3 aliphatic heterocycles. The van der Waals surface area contributed by atoms with Crippen LogP contribution in [0.5, 0.6) is 0 Å². The summed E-state index contributed by atoms with van der Waals surface area (Å²) >= 11 is 0. The molecule has 3 atom stereocenters. The molecule has 5 heavy (non-hydrogen) atoms. The Bertz CT molecular complexity index is 85.0. The van der Waals surface area contributed by atoms with Crippen molar-refractivity contribution in [1.82, 2.24) is 0 Å². The van der Waals surface area contributed by atoms with Crippen LogP contribution in [0.3, 0.4) is 0 Å². The second-order valence-corrected chi connectivity index (χ2v) is 23.6. The van der Waals surface area contributed by atoms with Crippen molar-refractivity contribution in [2.75, 3.05) is 0 Å². The molecule has 0 amide bonds. The molecule has 0 aromatic heterocycles. The molecular formula is CH4P4. The zero-order chi connectivity index (χ0) is 3.12. The van der Waals surface area contributed by atoms with Crippen LogP contribution in [0.15, 0.2) is 0 Å². The van der Waals surface area contributed by atoms with Gasteiger partial charge in [-0.1, -0.05) is 0 Å². The first-order valence-electron chi connectivity index (χ1n) is 1.75. The molecule has 0 saturated carbocycles. The maximum atomic E-state index is 1.60. The van der Waals surface area contributed by atoms with E-state index in [4.69, 9.17) is 0 Å². The van der Waals surface area contributed by atoms with E-state index < -0.39 is 0 Å². The molecule has 3 rings (SSSR count). The van der Waals surface area contributed by atoms with Gasteiger partial charge in [-0.2, -0.15) is 0 Å². The van der Waals surface area contributed by atoms with E-state index in [2.05, 4.69) is 0 Å². The Morgan fingerprint density at radius 1 is 1.20 bits per heavy atom. The predicted octanol–water partition coefficient (Wildman–Crippen LogP) is 2.17. The van der Waals surface area contributed by atoms with Gasteiger partial charge in [0.05, 0.1) is 0 Å². The second-order valence-electron chi connectivity index (χ2n) is 1.88. The first kappa shape index (κ1) is 2.89. The van der Waals surface area contributed by atoms with E-state index in [1.165, 1.54) is 4.38 Å². The molecule has 28 valence electrons. The predicted molar refractivity (Wildman–Crippen MR) is 36.0 cm³/mol. The molecule has 4 heteroatoms. The maximum absolute atomic E-state index is 1.60. The summed E-state index contributed by atoms with van der Waals surface area (Å²) in [6, 6.07) is 0. The molecule has 0 spiro atoms. The van der Waals surface area contributed by atoms with Crippen molar-refractivity contribution < 1.29 is 0 Å². The molecule has 0 bridgehead atoms. The van der Waals surface area contributed by atoms with Gasteiger partial charge in [0.25, 0.3) is 0 Å². The Hall–Kier alpha value is 1.72. The van der Waals surface area contributed by atoms with Crippen LogP contribution < -0.4 is 0 Å². The van der Waals surface area contributed by atoms with Crippen LogP contribution in [0, 0.1) is 0 Å². The van der Waals surface area contributed by atoms with Crippen LogP contribution in [0.2, 0.25) is 0 Å². The van der Waals surface area contributed by atoms with Gasteiger partial charge in [-0.3, -0.25) is 0 Å². The third-order valence-electron chi connectivity index (χ3n) is 1.50. The fourth-order valence-corrected chi connectivity index (χ4v) is 40.5. The summed E-state index contributed by atoms with van der Waals surface area (Å²) in [5.41, 5.74) is 0. The van der Waals surface area contributed by atoms with Gasteiger partial charge in [0.2, 0.25) is 0 Å². The van der Waals surface area contributed by atoms with E-state index >= 15 is 0 Å². The Balaban J connectivity index is 2.58. The van der Waals surface area contributed by atoms with Crippen LogP contribution >= 0.6 is 31.1 Å². The molecular weight excluding hydrogens is 136 g/mol. The van der Waals surface area contributed by atoms with Crippen molar-refractivity contribution in [2.24, 2.45) is 0 Å². The van der Waals surface area contributed by atoms with Gasteiger partial charge in [0, 0.05) is 0 Å². The first-order valence-corrected chi connectivity index (χ1v) is 9.75. The van der Waals surface area contributed by atoms with E-state index in [1.54, 1.807) is 24.8 Å². The quantitative estimate of drug-likeness (QED) is 0.452. The van der Waals surface area contributed by atoms with Gasteiger partial charge < -0.3 is 0 Å².